The van der Waals surface area contributed by atoms with Gasteiger partial charge < -0.3 is 0 Å². The van der Waals surface area contributed by atoms with Crippen LogP contribution in [0.15, 0.2) is 12.1 Å². The van der Waals surface area contributed by atoms with E-state index in [4.69, 9.17) is 0 Å². The maximum absolute atomic E-state index is 13.1. The van der Waals surface area contributed by atoms with Gasteiger partial charge in [-0.25, -0.2) is 13.2 Å². The van der Waals surface area contributed by atoms with Crippen LogP contribution in [0.3, 0.4) is 0 Å². The third-order valence-corrected chi connectivity index (χ3v) is 2.18. The van der Waals surface area contributed by atoms with Crippen molar-refractivity contribution < 1.29 is 18.0 Å². The summed E-state index contributed by atoms with van der Waals surface area (Å²) in [6.07, 6.45) is 0.624. The lowest BCUT2D eigenvalue weighted by molar-refractivity contribution is -0.118. The van der Waals surface area contributed by atoms with E-state index in [1.807, 2.05) is 0 Å². The quantitative estimate of drug-likeness (QED) is 0.707. The molecule has 0 heterocycles. The maximum Gasteiger partial charge on any atom is 0.194 e. The van der Waals surface area contributed by atoms with Crippen molar-refractivity contribution in [3.8, 4) is 0 Å². The highest BCUT2D eigenvalue weighted by Crippen LogP contribution is 2.16. The molecule has 0 aliphatic carbocycles. The molecule has 1 aromatic carbocycles. The molecule has 0 atom stereocenters. The van der Waals surface area contributed by atoms with E-state index in [9.17, 15) is 18.0 Å². The minimum Gasteiger partial charge on any atom is -0.300 e. The van der Waals surface area contributed by atoms with Crippen molar-refractivity contribution in [2.45, 2.75) is 26.2 Å². The molecule has 82 valence electrons. The van der Waals surface area contributed by atoms with Gasteiger partial charge in [-0.3, -0.25) is 4.79 Å². The summed E-state index contributed by atoms with van der Waals surface area (Å²) in [5, 5.41) is 0. The standard InChI is InChI=1S/C11H11F3O/c1-2-8(15)5-3-7-4-6-9(12)11(14)10(7)13/h4,6H,2-3,5H2,1H3. The largest absolute Gasteiger partial charge is 0.300 e. The van der Waals surface area contributed by atoms with Crippen molar-refractivity contribution in [3.05, 3.63) is 35.1 Å². The Bertz CT molecular complexity index is 374. The third-order valence-electron chi connectivity index (χ3n) is 2.18. The molecular formula is C11H11F3O. The molecule has 0 saturated carbocycles. The first kappa shape index (κ1) is 11.8. The molecule has 0 aliphatic rings. The minimum atomic E-state index is -1.48. The zero-order valence-corrected chi connectivity index (χ0v) is 8.32. The lowest BCUT2D eigenvalue weighted by Gasteiger charge is -2.03. The van der Waals surface area contributed by atoms with E-state index in [1.54, 1.807) is 6.92 Å². The van der Waals surface area contributed by atoms with Gasteiger partial charge in [0.1, 0.15) is 5.78 Å². The highest BCUT2D eigenvalue weighted by Gasteiger charge is 2.13. The molecule has 0 fully saturated rings. The summed E-state index contributed by atoms with van der Waals surface area (Å²) in [7, 11) is 0. The summed E-state index contributed by atoms with van der Waals surface area (Å²) in [5.41, 5.74) is 0.0377. The van der Waals surface area contributed by atoms with E-state index >= 15 is 0 Å². The van der Waals surface area contributed by atoms with E-state index in [1.165, 1.54) is 0 Å². The van der Waals surface area contributed by atoms with Crippen LogP contribution in [0.1, 0.15) is 25.3 Å². The fraction of sp³-hybridized carbons (Fsp3) is 0.364. The van der Waals surface area contributed by atoms with Gasteiger partial charge in [-0.05, 0) is 18.1 Å². The van der Waals surface area contributed by atoms with E-state index in [-0.39, 0.29) is 24.2 Å². The summed E-state index contributed by atoms with van der Waals surface area (Å²) in [6, 6.07) is 2.03. The van der Waals surface area contributed by atoms with E-state index in [0.717, 1.165) is 12.1 Å². The highest BCUT2D eigenvalue weighted by molar-refractivity contribution is 5.78. The summed E-state index contributed by atoms with van der Waals surface area (Å²) < 4.78 is 38.4. The number of carbonyl (C=O) groups is 1. The molecule has 4 heteroatoms. The number of halogens is 3. The van der Waals surface area contributed by atoms with Gasteiger partial charge in [0.25, 0.3) is 0 Å². The van der Waals surface area contributed by atoms with E-state index < -0.39 is 17.5 Å². The fourth-order valence-corrected chi connectivity index (χ4v) is 1.21. The molecule has 1 aromatic rings. The Labute approximate surface area is 85.9 Å². The van der Waals surface area contributed by atoms with Gasteiger partial charge in [-0.2, -0.15) is 0 Å². The summed E-state index contributed by atoms with van der Waals surface area (Å²) in [4.78, 5) is 11.0. The molecule has 1 rings (SSSR count). The number of carbonyl (C=O) groups excluding carboxylic acids is 1. The Morgan fingerprint density at radius 3 is 2.47 bits per heavy atom. The topological polar surface area (TPSA) is 17.1 Å². The predicted octanol–water partition coefficient (Wildman–Crippen LogP) is 3.02. The molecule has 1 nitrogen and oxygen atoms in total. The monoisotopic (exact) mass is 216 g/mol. The lowest BCUT2D eigenvalue weighted by Crippen LogP contribution is -2.02. The van der Waals surface area contributed by atoms with Crippen LogP contribution in [0.5, 0.6) is 0 Å². The number of hydrogen-bond acceptors (Lipinski definition) is 1. The lowest BCUT2D eigenvalue weighted by atomic mass is 10.1. The number of benzene rings is 1. The second-order valence-electron chi connectivity index (χ2n) is 3.23. The Morgan fingerprint density at radius 2 is 1.87 bits per heavy atom. The van der Waals surface area contributed by atoms with Crippen LogP contribution in [0.2, 0.25) is 0 Å². The van der Waals surface area contributed by atoms with Crippen LogP contribution < -0.4 is 0 Å². The molecule has 0 saturated heterocycles. The predicted molar refractivity (Wildman–Crippen MR) is 49.9 cm³/mol. The first-order chi connectivity index (χ1) is 7.06. The van der Waals surface area contributed by atoms with Crippen molar-refractivity contribution >= 4 is 5.78 Å². The minimum absolute atomic E-state index is 0.0286. The number of aryl methyl sites for hydroxylation is 1. The summed E-state index contributed by atoms with van der Waals surface area (Å²) in [5.74, 6) is -3.91. The molecular weight excluding hydrogens is 205 g/mol. The average molecular weight is 216 g/mol. The van der Waals surface area contributed by atoms with Crippen molar-refractivity contribution in [1.82, 2.24) is 0 Å². The number of rotatable bonds is 4. The van der Waals surface area contributed by atoms with Crippen LogP contribution in [-0.2, 0) is 11.2 Å². The van der Waals surface area contributed by atoms with Gasteiger partial charge in [0, 0.05) is 12.8 Å². The third kappa shape index (κ3) is 2.81. The zero-order valence-electron chi connectivity index (χ0n) is 8.32. The molecule has 0 amide bonds. The second-order valence-corrected chi connectivity index (χ2v) is 3.23. The summed E-state index contributed by atoms with van der Waals surface area (Å²) in [6.45, 7) is 1.70. The SMILES string of the molecule is CCC(=O)CCc1ccc(F)c(F)c1F. The fourth-order valence-electron chi connectivity index (χ4n) is 1.21. The van der Waals surface area contributed by atoms with Crippen molar-refractivity contribution in [1.29, 1.82) is 0 Å². The summed E-state index contributed by atoms with van der Waals surface area (Å²) >= 11 is 0. The number of Topliss-reactive ketones (excluding diaryl/α,β-unsaturated/α-hetero) is 1. The second kappa shape index (κ2) is 4.96. The van der Waals surface area contributed by atoms with Gasteiger partial charge in [-0.1, -0.05) is 13.0 Å². The zero-order chi connectivity index (χ0) is 11.4. The normalized spacial score (nSPS) is 10.4. The van der Waals surface area contributed by atoms with Gasteiger partial charge in [0.2, 0.25) is 0 Å². The van der Waals surface area contributed by atoms with Crippen LogP contribution in [0, 0.1) is 17.5 Å². The first-order valence-electron chi connectivity index (χ1n) is 4.70. The van der Waals surface area contributed by atoms with Gasteiger partial charge >= 0.3 is 0 Å². The van der Waals surface area contributed by atoms with Crippen LogP contribution in [0.4, 0.5) is 13.2 Å². The molecule has 0 spiro atoms. The molecule has 0 aliphatic heterocycles. The van der Waals surface area contributed by atoms with Crippen LogP contribution in [0.25, 0.3) is 0 Å². The van der Waals surface area contributed by atoms with Crippen LogP contribution >= 0.6 is 0 Å². The molecule has 0 aromatic heterocycles. The molecule has 15 heavy (non-hydrogen) atoms. The molecule has 0 bridgehead atoms. The van der Waals surface area contributed by atoms with Gasteiger partial charge in [0.05, 0.1) is 0 Å². The van der Waals surface area contributed by atoms with Crippen molar-refractivity contribution in [2.24, 2.45) is 0 Å². The Morgan fingerprint density at radius 1 is 1.20 bits per heavy atom. The van der Waals surface area contributed by atoms with E-state index in [2.05, 4.69) is 0 Å². The molecule has 0 unspecified atom stereocenters. The average Bonchev–Trinajstić information content (AvgIpc) is 2.24. The molecule has 0 radical (unpaired) electrons. The first-order valence-corrected chi connectivity index (χ1v) is 4.70. The smallest absolute Gasteiger partial charge is 0.194 e. The Hall–Kier alpha value is -1.32. The molecule has 0 N–H and O–H groups in total. The van der Waals surface area contributed by atoms with Gasteiger partial charge in [0.15, 0.2) is 17.5 Å². The van der Waals surface area contributed by atoms with Crippen molar-refractivity contribution in [3.63, 3.8) is 0 Å². The highest BCUT2D eigenvalue weighted by atomic mass is 19.2. The Kier molecular flexibility index (Phi) is 3.88. The number of ketones is 1. The van der Waals surface area contributed by atoms with E-state index in [0.29, 0.717) is 6.42 Å². The van der Waals surface area contributed by atoms with Gasteiger partial charge in [-0.15, -0.1) is 0 Å². The van der Waals surface area contributed by atoms with Crippen molar-refractivity contribution in [2.75, 3.05) is 0 Å². The maximum atomic E-state index is 13.1. The van der Waals surface area contributed by atoms with Crippen LogP contribution in [-0.4, -0.2) is 5.78 Å². The Balaban J connectivity index is 2.78. The number of hydrogen-bond donors (Lipinski definition) is 0.